The zero-order valence-corrected chi connectivity index (χ0v) is 22.2. The SMILES string of the molecule is COc1ccc2[n-]c(S(=O)[O-])nc2c1.COc1ccc2nc(S(=O)[O-])[nH]c2c1.[Na+].[Na+]. The number of hydrogen-bond donors (Lipinski definition) is 1. The number of aromatic nitrogens is 4. The van der Waals surface area contributed by atoms with Crippen LogP contribution in [0.5, 0.6) is 11.5 Å². The van der Waals surface area contributed by atoms with E-state index < -0.39 is 22.2 Å². The van der Waals surface area contributed by atoms with Crippen LogP contribution in [0.4, 0.5) is 0 Å². The summed E-state index contributed by atoms with van der Waals surface area (Å²) in [6, 6.07) is 10.1. The second-order valence-electron chi connectivity index (χ2n) is 5.26. The fourth-order valence-electron chi connectivity index (χ4n) is 2.29. The Morgan fingerprint density at radius 3 is 2.13 bits per heavy atom. The summed E-state index contributed by atoms with van der Waals surface area (Å²) in [6.45, 7) is 0. The monoisotopic (exact) mass is 467 g/mol. The Bertz CT molecular complexity index is 1090. The van der Waals surface area contributed by atoms with E-state index in [1.165, 1.54) is 7.11 Å². The molecule has 0 aliphatic heterocycles. The number of aromatic amines is 1. The van der Waals surface area contributed by atoms with Crippen molar-refractivity contribution >= 4 is 44.2 Å². The molecule has 2 atom stereocenters. The third-order valence-electron chi connectivity index (χ3n) is 3.59. The van der Waals surface area contributed by atoms with Crippen LogP contribution < -0.4 is 73.6 Å². The number of nitrogens with zero attached hydrogens (tertiary/aromatic N) is 3. The van der Waals surface area contributed by atoms with Gasteiger partial charge in [0.05, 0.1) is 25.3 Å². The van der Waals surface area contributed by atoms with Gasteiger partial charge < -0.3 is 33.5 Å². The Morgan fingerprint density at radius 2 is 1.53 bits per heavy atom. The zero-order valence-electron chi connectivity index (χ0n) is 16.6. The van der Waals surface area contributed by atoms with Crippen LogP contribution in [0.15, 0.2) is 46.7 Å². The summed E-state index contributed by atoms with van der Waals surface area (Å²) in [5.41, 5.74) is 2.31. The molecule has 0 fully saturated rings. The summed E-state index contributed by atoms with van der Waals surface area (Å²) < 4.78 is 52.3. The van der Waals surface area contributed by atoms with Crippen molar-refractivity contribution in [3.05, 3.63) is 36.4 Å². The molecule has 0 spiro atoms. The smallest absolute Gasteiger partial charge is 0.769 e. The van der Waals surface area contributed by atoms with Gasteiger partial charge in [-0.15, -0.1) is 0 Å². The molecule has 2 aromatic heterocycles. The molecule has 10 nitrogen and oxygen atoms in total. The van der Waals surface area contributed by atoms with Crippen LogP contribution >= 0.6 is 0 Å². The molecule has 14 heteroatoms. The summed E-state index contributed by atoms with van der Waals surface area (Å²) in [6.07, 6.45) is 0. The Hall–Kier alpha value is -0.800. The summed E-state index contributed by atoms with van der Waals surface area (Å²) >= 11 is -4.71. The van der Waals surface area contributed by atoms with E-state index >= 15 is 0 Å². The predicted octanol–water partition coefficient (Wildman–Crippen LogP) is -4.74. The number of methoxy groups -OCH3 is 2. The van der Waals surface area contributed by atoms with E-state index in [1.807, 2.05) is 0 Å². The van der Waals surface area contributed by atoms with Crippen molar-refractivity contribution in [1.82, 2.24) is 19.9 Å². The van der Waals surface area contributed by atoms with Crippen molar-refractivity contribution in [3.8, 4) is 11.5 Å². The second kappa shape index (κ2) is 12.3. The first-order valence-corrected chi connectivity index (χ1v) is 9.77. The van der Waals surface area contributed by atoms with E-state index in [-0.39, 0.29) is 69.4 Å². The molecule has 1 N–H and O–H groups in total. The maximum Gasteiger partial charge on any atom is 1.00 e. The van der Waals surface area contributed by atoms with Crippen LogP contribution in [-0.4, -0.2) is 46.7 Å². The van der Waals surface area contributed by atoms with Crippen molar-refractivity contribution in [2.75, 3.05) is 14.2 Å². The van der Waals surface area contributed by atoms with E-state index in [0.29, 0.717) is 33.6 Å². The van der Waals surface area contributed by atoms with Crippen molar-refractivity contribution in [2.24, 2.45) is 0 Å². The third-order valence-corrected chi connectivity index (χ3v) is 4.58. The average Bonchev–Trinajstić information content (AvgIpc) is 3.31. The van der Waals surface area contributed by atoms with Gasteiger partial charge in [-0.05, 0) is 51.5 Å². The van der Waals surface area contributed by atoms with Gasteiger partial charge in [0.25, 0.3) is 0 Å². The number of ether oxygens (including phenoxy) is 2. The Morgan fingerprint density at radius 1 is 0.900 bits per heavy atom. The van der Waals surface area contributed by atoms with Gasteiger partial charge in [0.2, 0.25) is 0 Å². The van der Waals surface area contributed by atoms with Crippen LogP contribution in [0.3, 0.4) is 0 Å². The molecule has 4 aromatic rings. The molecule has 2 unspecified atom stereocenters. The minimum Gasteiger partial charge on any atom is -0.769 e. The van der Waals surface area contributed by atoms with Crippen molar-refractivity contribution in [3.63, 3.8) is 0 Å². The second-order valence-corrected chi connectivity index (χ2v) is 6.95. The van der Waals surface area contributed by atoms with Gasteiger partial charge in [-0.25, -0.2) is 4.98 Å². The van der Waals surface area contributed by atoms with Gasteiger partial charge >= 0.3 is 59.1 Å². The molecule has 2 heterocycles. The number of fused-ring (bicyclic) bond motifs is 2. The van der Waals surface area contributed by atoms with E-state index in [0.717, 1.165) is 0 Å². The van der Waals surface area contributed by atoms with E-state index in [4.69, 9.17) is 9.47 Å². The zero-order chi connectivity index (χ0) is 20.3. The average molecular weight is 467 g/mol. The normalized spacial score (nSPS) is 12.1. The van der Waals surface area contributed by atoms with Crippen molar-refractivity contribution < 1.29 is 86.1 Å². The molecule has 0 saturated heterocycles. The Labute approximate surface area is 220 Å². The number of rotatable bonds is 4. The maximum atomic E-state index is 10.6. The van der Waals surface area contributed by atoms with Gasteiger partial charge in [0.1, 0.15) is 11.5 Å². The first-order chi connectivity index (χ1) is 13.4. The molecule has 0 amide bonds. The minimum absolute atomic E-state index is 0. The summed E-state index contributed by atoms with van der Waals surface area (Å²) in [5.74, 6) is 1.28. The summed E-state index contributed by atoms with van der Waals surface area (Å²) in [4.78, 5) is 14.2. The molecule has 0 radical (unpaired) electrons. The number of benzene rings is 2. The van der Waals surface area contributed by atoms with Crippen LogP contribution in [0.1, 0.15) is 0 Å². The van der Waals surface area contributed by atoms with Crippen molar-refractivity contribution in [1.29, 1.82) is 0 Å². The number of hydrogen-bond acceptors (Lipinski definition) is 8. The number of nitrogens with one attached hydrogen (secondary N) is 1. The van der Waals surface area contributed by atoms with Gasteiger partial charge in [-0.1, -0.05) is 6.07 Å². The molecular weight excluding hydrogens is 454 g/mol. The van der Waals surface area contributed by atoms with Crippen LogP contribution in [0.2, 0.25) is 0 Å². The quantitative estimate of drug-likeness (QED) is 0.230. The first kappa shape index (κ1) is 27.2. The Balaban J connectivity index is 0.000000281. The maximum absolute atomic E-state index is 10.6. The fourth-order valence-corrected chi connectivity index (χ4v) is 3.00. The Kier molecular flexibility index (Phi) is 11.2. The van der Waals surface area contributed by atoms with Gasteiger partial charge in [0.15, 0.2) is 5.16 Å². The van der Waals surface area contributed by atoms with Crippen LogP contribution in [-0.2, 0) is 22.2 Å². The van der Waals surface area contributed by atoms with E-state index in [9.17, 15) is 17.5 Å². The predicted molar refractivity (Wildman–Crippen MR) is 98.6 cm³/mol. The first-order valence-electron chi connectivity index (χ1n) is 7.62. The topological polar surface area (TPSA) is 154 Å². The molecule has 148 valence electrons. The van der Waals surface area contributed by atoms with Crippen molar-refractivity contribution in [2.45, 2.75) is 10.3 Å². The third kappa shape index (κ3) is 6.60. The number of imidazole rings is 2. The number of H-pyrrole nitrogens is 1. The summed E-state index contributed by atoms with van der Waals surface area (Å²) in [7, 11) is 3.08. The molecule has 0 aliphatic rings. The molecular formula is C16H13N4Na2O6S2-. The van der Waals surface area contributed by atoms with Crippen LogP contribution in [0, 0.1) is 0 Å². The molecule has 0 bridgehead atoms. The molecule has 4 rings (SSSR count). The summed E-state index contributed by atoms with van der Waals surface area (Å²) in [5, 5.41) is -0.249. The van der Waals surface area contributed by atoms with Crippen LogP contribution in [0.25, 0.3) is 22.1 Å². The standard InChI is InChI=1S/C8H8N2O3S.C8H7N2O3S.2Na/c2*1-13-5-2-3-6-7(4-5)10-8(9-6)14(11)12;;/h2-4H,1H3,(H,9,10)(H,11,12);2-4H,1H3,(H-,9,10,11,12);;/q;-1;2*+1/p-2. The van der Waals surface area contributed by atoms with Gasteiger partial charge in [0, 0.05) is 17.1 Å². The van der Waals surface area contributed by atoms with E-state index in [1.54, 1.807) is 43.5 Å². The fraction of sp³-hybridized carbons (Fsp3) is 0.125. The molecule has 0 saturated carbocycles. The largest absolute Gasteiger partial charge is 1.00 e. The molecule has 30 heavy (non-hydrogen) atoms. The molecule has 0 aliphatic carbocycles. The van der Waals surface area contributed by atoms with E-state index in [2.05, 4.69) is 19.9 Å². The molecule has 2 aromatic carbocycles. The van der Waals surface area contributed by atoms with Gasteiger partial charge in [-0.3, -0.25) is 8.42 Å². The van der Waals surface area contributed by atoms with Gasteiger partial charge in [-0.2, -0.15) is 0 Å². The minimum atomic E-state index is -2.38.